The van der Waals surface area contributed by atoms with Crippen LogP contribution in [0.2, 0.25) is 0 Å². The highest BCUT2D eigenvalue weighted by Crippen LogP contribution is 2.16. The number of esters is 1. The zero-order chi connectivity index (χ0) is 47.2. The third-order valence-electron chi connectivity index (χ3n) is 13.1. The maximum Gasteiger partial charge on any atom is 0.305 e. The number of carbonyl (C=O) groups is 2. The van der Waals surface area contributed by atoms with E-state index in [1.54, 1.807) is 6.08 Å². The van der Waals surface area contributed by atoms with E-state index in [-0.39, 0.29) is 18.5 Å². The van der Waals surface area contributed by atoms with Crippen molar-refractivity contribution in [3.63, 3.8) is 0 Å². The summed E-state index contributed by atoms with van der Waals surface area (Å²) in [6.07, 6.45) is 67.3. The fourth-order valence-electron chi connectivity index (χ4n) is 8.68. The van der Waals surface area contributed by atoms with Gasteiger partial charge in [0, 0.05) is 12.8 Å². The van der Waals surface area contributed by atoms with Crippen LogP contribution in [-0.2, 0) is 14.3 Å². The summed E-state index contributed by atoms with van der Waals surface area (Å²) in [6.45, 7) is 4.85. The second-order valence-electron chi connectivity index (χ2n) is 19.6. The van der Waals surface area contributed by atoms with E-state index >= 15 is 0 Å². The van der Waals surface area contributed by atoms with Crippen molar-refractivity contribution in [1.82, 2.24) is 5.32 Å². The Kier molecular flexibility index (Phi) is 53.1. The predicted molar refractivity (Wildman–Crippen MR) is 283 cm³/mol. The fourth-order valence-corrected chi connectivity index (χ4v) is 8.68. The van der Waals surface area contributed by atoms with Crippen molar-refractivity contribution in [1.29, 1.82) is 0 Å². The molecule has 0 aliphatic rings. The highest BCUT2D eigenvalue weighted by atomic mass is 16.5. The van der Waals surface area contributed by atoms with Crippen molar-refractivity contribution < 1.29 is 24.5 Å². The summed E-state index contributed by atoms with van der Waals surface area (Å²) in [4.78, 5) is 24.5. The van der Waals surface area contributed by atoms with E-state index in [1.807, 2.05) is 6.08 Å². The van der Waals surface area contributed by atoms with E-state index in [0.29, 0.717) is 19.4 Å². The lowest BCUT2D eigenvalue weighted by molar-refractivity contribution is -0.143. The quantitative estimate of drug-likeness (QED) is 0.0321. The van der Waals surface area contributed by atoms with Crippen molar-refractivity contribution in [2.24, 2.45) is 0 Å². The zero-order valence-corrected chi connectivity index (χ0v) is 43.5. The number of hydrogen-bond donors (Lipinski definition) is 3. The monoisotopic (exact) mass is 914 g/mol. The van der Waals surface area contributed by atoms with Gasteiger partial charge in [0.15, 0.2) is 0 Å². The van der Waals surface area contributed by atoms with Crippen LogP contribution in [0.15, 0.2) is 36.5 Å². The van der Waals surface area contributed by atoms with Gasteiger partial charge in [-0.05, 0) is 89.9 Å². The molecule has 0 saturated carbocycles. The molecule has 0 aliphatic heterocycles. The molecule has 6 nitrogen and oxygen atoms in total. The number of carbonyl (C=O) groups excluding carboxylic acids is 2. The molecule has 2 unspecified atom stereocenters. The maximum absolute atomic E-state index is 12.5. The van der Waals surface area contributed by atoms with E-state index < -0.39 is 12.1 Å². The van der Waals surface area contributed by atoms with Gasteiger partial charge < -0.3 is 20.3 Å². The number of nitrogens with one attached hydrogen (secondary N) is 1. The smallest absolute Gasteiger partial charge is 0.305 e. The van der Waals surface area contributed by atoms with Gasteiger partial charge in [-0.1, -0.05) is 237 Å². The Morgan fingerprint density at radius 3 is 1.09 bits per heavy atom. The molecule has 0 fully saturated rings. The lowest BCUT2D eigenvalue weighted by Crippen LogP contribution is -2.45. The number of hydrogen-bond acceptors (Lipinski definition) is 5. The number of ether oxygens (including phenoxy) is 1. The highest BCUT2D eigenvalue weighted by Gasteiger charge is 2.18. The van der Waals surface area contributed by atoms with Crippen LogP contribution >= 0.6 is 0 Å². The Balaban J connectivity index is 3.52. The van der Waals surface area contributed by atoms with Gasteiger partial charge in [0.05, 0.1) is 25.4 Å². The molecule has 0 bridgehead atoms. The van der Waals surface area contributed by atoms with Crippen LogP contribution in [0.5, 0.6) is 0 Å². The van der Waals surface area contributed by atoms with Crippen LogP contribution in [0.1, 0.15) is 303 Å². The predicted octanol–water partition coefficient (Wildman–Crippen LogP) is 17.6. The third-order valence-corrected chi connectivity index (χ3v) is 13.1. The number of aliphatic hydroxyl groups is 2. The first-order valence-corrected chi connectivity index (χ1v) is 28.8. The number of rotatable bonds is 53. The van der Waals surface area contributed by atoms with E-state index in [2.05, 4.69) is 43.5 Å². The minimum absolute atomic E-state index is 0.0248. The van der Waals surface area contributed by atoms with Crippen molar-refractivity contribution in [3.05, 3.63) is 36.5 Å². The van der Waals surface area contributed by atoms with E-state index in [4.69, 9.17) is 4.74 Å². The second kappa shape index (κ2) is 54.7. The topological polar surface area (TPSA) is 95.9 Å². The third kappa shape index (κ3) is 51.3. The average Bonchev–Trinajstić information content (AvgIpc) is 3.31. The van der Waals surface area contributed by atoms with Crippen molar-refractivity contribution in [2.45, 2.75) is 315 Å². The van der Waals surface area contributed by atoms with E-state index in [0.717, 1.165) is 83.5 Å². The highest BCUT2D eigenvalue weighted by molar-refractivity contribution is 5.76. The largest absolute Gasteiger partial charge is 0.466 e. The van der Waals surface area contributed by atoms with Gasteiger partial charge in [0.2, 0.25) is 5.91 Å². The Bertz CT molecular complexity index is 1060. The molecule has 0 aliphatic carbocycles. The lowest BCUT2D eigenvalue weighted by Gasteiger charge is -2.20. The van der Waals surface area contributed by atoms with Crippen LogP contribution in [0.3, 0.4) is 0 Å². The number of amides is 1. The molecule has 1 amide bonds. The molecule has 0 rings (SSSR count). The van der Waals surface area contributed by atoms with E-state index in [9.17, 15) is 19.8 Å². The molecule has 382 valence electrons. The summed E-state index contributed by atoms with van der Waals surface area (Å²) in [6, 6.07) is -0.647. The summed E-state index contributed by atoms with van der Waals surface area (Å²) in [5.74, 6) is -0.118. The molecule has 0 radical (unpaired) electrons. The Hall–Kier alpha value is -1.92. The standard InChI is InChI=1S/C59H111NO5/c1-3-5-7-9-11-13-15-17-19-21-22-24-26-28-33-37-41-45-49-53-59(64)65-54-50-46-42-38-34-30-29-32-36-40-44-48-52-58(63)60-56(55-61)57(62)51-47-43-39-35-31-27-25-23-20-18-16-14-12-10-8-6-4-2/h17,19,30,34,47,51,56-57,61-62H,3-16,18,20-29,31-33,35-46,48-50,52-55H2,1-2H3,(H,60,63)/b19-17-,34-30-,51-47+. The van der Waals surface area contributed by atoms with Crippen LogP contribution in [0.25, 0.3) is 0 Å². The first kappa shape index (κ1) is 63.1. The van der Waals surface area contributed by atoms with Gasteiger partial charge in [-0.2, -0.15) is 0 Å². The van der Waals surface area contributed by atoms with Crippen molar-refractivity contribution in [3.8, 4) is 0 Å². The van der Waals surface area contributed by atoms with Gasteiger partial charge in [-0.25, -0.2) is 0 Å². The molecular formula is C59H111NO5. The molecular weight excluding hydrogens is 803 g/mol. The number of unbranched alkanes of at least 4 members (excludes halogenated alkanes) is 38. The van der Waals surface area contributed by atoms with Gasteiger partial charge in [-0.15, -0.1) is 0 Å². The van der Waals surface area contributed by atoms with Crippen LogP contribution in [-0.4, -0.2) is 47.4 Å². The lowest BCUT2D eigenvalue weighted by atomic mass is 10.0. The van der Waals surface area contributed by atoms with Gasteiger partial charge in [0.25, 0.3) is 0 Å². The molecule has 6 heteroatoms. The molecule has 0 aromatic carbocycles. The van der Waals surface area contributed by atoms with Crippen LogP contribution in [0, 0.1) is 0 Å². The average molecular weight is 915 g/mol. The van der Waals surface area contributed by atoms with Crippen LogP contribution in [0.4, 0.5) is 0 Å². The van der Waals surface area contributed by atoms with Gasteiger partial charge in [0.1, 0.15) is 0 Å². The van der Waals surface area contributed by atoms with Crippen molar-refractivity contribution in [2.75, 3.05) is 13.2 Å². The second-order valence-corrected chi connectivity index (χ2v) is 19.6. The molecule has 0 spiro atoms. The number of allylic oxidation sites excluding steroid dienone is 5. The Morgan fingerprint density at radius 2 is 0.723 bits per heavy atom. The summed E-state index contributed by atoms with van der Waals surface area (Å²) >= 11 is 0. The van der Waals surface area contributed by atoms with Crippen molar-refractivity contribution >= 4 is 11.9 Å². The van der Waals surface area contributed by atoms with Crippen LogP contribution < -0.4 is 5.32 Å². The molecule has 0 aromatic rings. The normalized spacial score (nSPS) is 12.9. The molecule has 2 atom stereocenters. The first-order chi connectivity index (χ1) is 32.0. The Labute approximate surface area is 404 Å². The summed E-state index contributed by atoms with van der Waals surface area (Å²) in [5.41, 5.74) is 0. The minimum atomic E-state index is -0.861. The Morgan fingerprint density at radius 1 is 0.415 bits per heavy atom. The molecule has 3 N–H and O–H groups in total. The fraction of sp³-hybridized carbons (Fsp3) is 0.864. The number of aliphatic hydroxyl groups excluding tert-OH is 2. The summed E-state index contributed by atoms with van der Waals surface area (Å²) in [7, 11) is 0. The van der Waals surface area contributed by atoms with E-state index in [1.165, 1.54) is 193 Å². The minimum Gasteiger partial charge on any atom is -0.466 e. The first-order valence-electron chi connectivity index (χ1n) is 28.8. The molecule has 0 heterocycles. The molecule has 0 saturated heterocycles. The zero-order valence-electron chi connectivity index (χ0n) is 43.5. The summed E-state index contributed by atoms with van der Waals surface area (Å²) < 4.78 is 5.46. The maximum atomic E-state index is 12.5. The van der Waals surface area contributed by atoms with Gasteiger partial charge in [-0.3, -0.25) is 9.59 Å². The SMILES string of the molecule is CCCCCCCC/C=C\CCCCCCCCCCCC(=O)OCCCCC/C=C\CCCCCCCC(=O)NC(CO)C(O)/C=C/CCCCCCCCCCCCCCCCC. The molecule has 65 heavy (non-hydrogen) atoms. The van der Waals surface area contributed by atoms with Gasteiger partial charge >= 0.3 is 5.97 Å². The summed E-state index contributed by atoms with van der Waals surface area (Å²) in [5, 5.41) is 23.1. The molecule has 0 aromatic heterocycles.